The average molecular weight is 244 g/mol. The molecule has 2 heterocycles. The van der Waals surface area contributed by atoms with E-state index in [1.54, 1.807) is 0 Å². The number of hydrogen-bond acceptors (Lipinski definition) is 6. The van der Waals surface area contributed by atoms with Gasteiger partial charge < -0.3 is 15.8 Å². The van der Waals surface area contributed by atoms with Crippen molar-refractivity contribution >= 4 is 23.5 Å². The summed E-state index contributed by atoms with van der Waals surface area (Å²) in [6, 6.07) is 0.125. The van der Waals surface area contributed by atoms with Crippen LogP contribution in [0.15, 0.2) is 0 Å². The zero-order valence-electron chi connectivity index (χ0n) is 8.98. The molecule has 1 aliphatic heterocycles. The molecule has 7 heteroatoms. The molecule has 16 heavy (non-hydrogen) atoms. The van der Waals surface area contributed by atoms with E-state index in [1.165, 1.54) is 0 Å². The van der Waals surface area contributed by atoms with Crippen molar-refractivity contribution in [2.45, 2.75) is 31.9 Å². The molecule has 2 rings (SSSR count). The van der Waals surface area contributed by atoms with E-state index in [0.717, 1.165) is 19.4 Å². The first-order chi connectivity index (χ1) is 7.65. The largest absolute Gasteiger partial charge is 0.376 e. The summed E-state index contributed by atoms with van der Waals surface area (Å²) in [5.74, 6) is 0.502. The number of anilines is 2. The molecule has 3 N–H and O–H groups in total. The number of nitrogen functional groups attached to an aromatic ring is 1. The lowest BCUT2D eigenvalue weighted by molar-refractivity contribution is 0.0994. The Morgan fingerprint density at radius 1 is 1.50 bits per heavy atom. The Kier molecular flexibility index (Phi) is 3.40. The number of hydrogen-bond donors (Lipinski definition) is 2. The lowest BCUT2D eigenvalue weighted by Crippen LogP contribution is -2.31. The number of aromatic nitrogens is 3. The maximum absolute atomic E-state index is 5.68. The second kappa shape index (κ2) is 4.80. The van der Waals surface area contributed by atoms with Gasteiger partial charge >= 0.3 is 0 Å². The van der Waals surface area contributed by atoms with Crippen LogP contribution in [-0.2, 0) is 4.74 Å². The molecule has 0 bridgehead atoms. The van der Waals surface area contributed by atoms with Crippen molar-refractivity contribution in [3.63, 3.8) is 0 Å². The van der Waals surface area contributed by atoms with Crippen LogP contribution in [0.4, 0.5) is 11.9 Å². The molecule has 0 amide bonds. The van der Waals surface area contributed by atoms with E-state index in [-0.39, 0.29) is 23.4 Å². The van der Waals surface area contributed by atoms with Crippen molar-refractivity contribution in [3.8, 4) is 0 Å². The summed E-state index contributed by atoms with van der Waals surface area (Å²) in [6.45, 7) is 2.83. The molecular weight excluding hydrogens is 230 g/mol. The van der Waals surface area contributed by atoms with Gasteiger partial charge in [-0.05, 0) is 31.4 Å². The molecule has 6 nitrogen and oxygen atoms in total. The highest BCUT2D eigenvalue weighted by Gasteiger charge is 2.22. The van der Waals surface area contributed by atoms with Crippen molar-refractivity contribution < 1.29 is 4.74 Å². The van der Waals surface area contributed by atoms with E-state index in [9.17, 15) is 0 Å². The summed E-state index contributed by atoms with van der Waals surface area (Å²) >= 11 is 5.68. The maximum atomic E-state index is 5.68. The van der Waals surface area contributed by atoms with Gasteiger partial charge in [0.15, 0.2) is 0 Å². The molecule has 88 valence electrons. The Bertz CT molecular complexity index is 349. The third-order valence-corrected chi connectivity index (χ3v) is 2.67. The van der Waals surface area contributed by atoms with Gasteiger partial charge in [0.2, 0.25) is 17.2 Å². The van der Waals surface area contributed by atoms with Gasteiger partial charge in [0.1, 0.15) is 0 Å². The van der Waals surface area contributed by atoms with E-state index in [2.05, 4.69) is 20.3 Å². The van der Waals surface area contributed by atoms with Crippen molar-refractivity contribution in [3.05, 3.63) is 5.28 Å². The number of nitrogens with one attached hydrogen (secondary N) is 1. The standard InChI is InChI=1S/C9H14ClN5O/c1-5(6-3-2-4-16-6)12-9-14-7(10)13-8(11)15-9/h5-6H,2-4H2,1H3,(H3,11,12,13,14,15). The van der Waals surface area contributed by atoms with Gasteiger partial charge in [-0.2, -0.15) is 15.0 Å². The summed E-state index contributed by atoms with van der Waals surface area (Å²) in [4.78, 5) is 11.6. The predicted octanol–water partition coefficient (Wildman–Crippen LogP) is 1.09. The normalized spacial score (nSPS) is 22.0. The Hall–Kier alpha value is -1.14. The fourth-order valence-electron chi connectivity index (χ4n) is 1.72. The van der Waals surface area contributed by atoms with Crippen LogP contribution in [0.3, 0.4) is 0 Å². The zero-order chi connectivity index (χ0) is 11.5. The van der Waals surface area contributed by atoms with Crippen LogP contribution in [0.1, 0.15) is 19.8 Å². The fourth-order valence-corrected chi connectivity index (χ4v) is 1.89. The first-order valence-corrected chi connectivity index (χ1v) is 5.58. The average Bonchev–Trinajstić information content (AvgIpc) is 2.68. The molecular formula is C9H14ClN5O. The number of nitrogens with two attached hydrogens (primary N) is 1. The van der Waals surface area contributed by atoms with Crippen LogP contribution in [-0.4, -0.2) is 33.7 Å². The third-order valence-electron chi connectivity index (χ3n) is 2.50. The van der Waals surface area contributed by atoms with Crippen LogP contribution < -0.4 is 11.1 Å². The zero-order valence-corrected chi connectivity index (χ0v) is 9.74. The van der Waals surface area contributed by atoms with Gasteiger partial charge in [-0.15, -0.1) is 0 Å². The maximum Gasteiger partial charge on any atom is 0.229 e. The minimum Gasteiger partial charge on any atom is -0.376 e. The second-order valence-corrected chi connectivity index (χ2v) is 4.11. The van der Waals surface area contributed by atoms with Crippen molar-refractivity contribution in [1.82, 2.24) is 15.0 Å². The highest BCUT2D eigenvalue weighted by atomic mass is 35.5. The summed E-state index contributed by atoms with van der Waals surface area (Å²) < 4.78 is 5.55. The Morgan fingerprint density at radius 3 is 2.94 bits per heavy atom. The van der Waals surface area contributed by atoms with Crippen LogP contribution in [0.2, 0.25) is 5.28 Å². The van der Waals surface area contributed by atoms with Crippen molar-refractivity contribution in [2.24, 2.45) is 0 Å². The van der Waals surface area contributed by atoms with Gasteiger partial charge in [0.25, 0.3) is 0 Å². The topological polar surface area (TPSA) is 86.0 Å². The molecule has 1 saturated heterocycles. The van der Waals surface area contributed by atoms with Gasteiger partial charge in [0, 0.05) is 6.61 Å². The molecule has 2 atom stereocenters. The summed E-state index contributed by atoms with van der Waals surface area (Å²) in [5.41, 5.74) is 5.47. The lowest BCUT2D eigenvalue weighted by atomic mass is 10.1. The van der Waals surface area contributed by atoms with Gasteiger partial charge in [-0.3, -0.25) is 0 Å². The minimum absolute atomic E-state index is 0.0922. The highest BCUT2D eigenvalue weighted by Crippen LogP contribution is 2.18. The van der Waals surface area contributed by atoms with E-state index in [1.807, 2.05) is 6.92 Å². The first kappa shape index (κ1) is 11.3. The van der Waals surface area contributed by atoms with Crippen LogP contribution in [0.25, 0.3) is 0 Å². The van der Waals surface area contributed by atoms with Crippen LogP contribution in [0.5, 0.6) is 0 Å². The fraction of sp³-hybridized carbons (Fsp3) is 0.667. The van der Waals surface area contributed by atoms with E-state index >= 15 is 0 Å². The number of rotatable bonds is 3. The van der Waals surface area contributed by atoms with Crippen LogP contribution in [0, 0.1) is 0 Å². The molecule has 0 radical (unpaired) electrons. The highest BCUT2D eigenvalue weighted by molar-refractivity contribution is 6.28. The predicted molar refractivity (Wildman–Crippen MR) is 61.3 cm³/mol. The minimum atomic E-state index is 0.0922. The van der Waals surface area contributed by atoms with Crippen LogP contribution >= 0.6 is 11.6 Å². The molecule has 0 spiro atoms. The van der Waals surface area contributed by atoms with Gasteiger partial charge in [0.05, 0.1) is 12.1 Å². The summed E-state index contributed by atoms with van der Waals surface area (Å²) in [7, 11) is 0. The third kappa shape index (κ3) is 2.70. The lowest BCUT2D eigenvalue weighted by Gasteiger charge is -2.19. The SMILES string of the molecule is CC(Nc1nc(N)nc(Cl)n1)C1CCCO1. The van der Waals surface area contributed by atoms with E-state index in [4.69, 9.17) is 22.1 Å². The molecule has 0 aromatic carbocycles. The van der Waals surface area contributed by atoms with E-state index < -0.39 is 0 Å². The molecule has 0 aliphatic carbocycles. The molecule has 0 saturated carbocycles. The van der Waals surface area contributed by atoms with Gasteiger partial charge in [-0.1, -0.05) is 0 Å². The Balaban J connectivity index is 2.02. The number of halogens is 1. The number of ether oxygens (including phenoxy) is 1. The van der Waals surface area contributed by atoms with Crippen molar-refractivity contribution in [1.29, 1.82) is 0 Å². The molecule has 1 aromatic rings. The molecule has 1 aromatic heterocycles. The smallest absolute Gasteiger partial charge is 0.229 e. The number of nitrogens with zero attached hydrogens (tertiary/aromatic N) is 3. The van der Waals surface area contributed by atoms with E-state index in [0.29, 0.717) is 5.95 Å². The van der Waals surface area contributed by atoms with Gasteiger partial charge in [-0.25, -0.2) is 0 Å². The Morgan fingerprint density at radius 2 is 2.31 bits per heavy atom. The summed E-state index contributed by atoms with van der Waals surface area (Å²) in [5, 5.41) is 3.21. The second-order valence-electron chi connectivity index (χ2n) is 3.77. The van der Waals surface area contributed by atoms with Crippen molar-refractivity contribution in [2.75, 3.05) is 17.7 Å². The molecule has 2 unspecified atom stereocenters. The summed E-state index contributed by atoms with van der Waals surface area (Å²) in [6.07, 6.45) is 2.33. The quantitative estimate of drug-likeness (QED) is 0.827. The molecule has 1 fully saturated rings. The Labute approximate surface area is 98.6 Å². The first-order valence-electron chi connectivity index (χ1n) is 5.20. The monoisotopic (exact) mass is 243 g/mol. The molecule has 1 aliphatic rings.